The van der Waals surface area contributed by atoms with Gasteiger partial charge in [-0.2, -0.15) is 13.2 Å². The van der Waals surface area contributed by atoms with Crippen molar-refractivity contribution in [1.29, 1.82) is 0 Å². The number of carbonyl (C=O) groups is 2. The molecule has 1 aromatic carbocycles. The van der Waals surface area contributed by atoms with Crippen LogP contribution >= 0.6 is 0 Å². The summed E-state index contributed by atoms with van der Waals surface area (Å²) in [7, 11) is 0. The summed E-state index contributed by atoms with van der Waals surface area (Å²) >= 11 is 0. The molecule has 0 heterocycles. The number of benzene rings is 1. The Morgan fingerprint density at radius 2 is 1.94 bits per heavy atom. The third kappa shape index (κ3) is 4.86. The molecule has 1 rings (SSSR count). The van der Waals surface area contributed by atoms with Crippen LogP contribution < -0.4 is 5.32 Å². The number of rotatable bonds is 4. The van der Waals surface area contributed by atoms with Crippen molar-refractivity contribution in [2.75, 3.05) is 0 Å². The summed E-state index contributed by atoms with van der Waals surface area (Å²) in [5.74, 6) is -2.29. The molecule has 0 aliphatic rings. The van der Waals surface area contributed by atoms with Gasteiger partial charge in [0.25, 0.3) is 0 Å². The third-order valence-corrected chi connectivity index (χ3v) is 2.02. The molecule has 0 spiro atoms. The molecule has 1 aromatic rings. The lowest BCUT2D eigenvalue weighted by Crippen LogP contribution is -2.28. The van der Waals surface area contributed by atoms with Crippen molar-refractivity contribution in [3.8, 4) is 0 Å². The Kier molecular flexibility index (Phi) is 4.30. The zero-order valence-electron chi connectivity index (χ0n) is 9.12. The number of carboxylic acid groups (broad SMARTS) is 1. The smallest absolute Gasteiger partial charge is 0.397 e. The molecule has 2 N–H and O–H groups in total. The lowest BCUT2D eigenvalue weighted by molar-refractivity contribution is -0.153. The minimum atomic E-state index is -4.55. The highest BCUT2D eigenvalue weighted by Gasteiger charge is 2.30. The van der Waals surface area contributed by atoms with Crippen molar-refractivity contribution < 1.29 is 27.9 Å². The molecule has 0 aliphatic carbocycles. The van der Waals surface area contributed by atoms with E-state index in [-0.39, 0.29) is 12.1 Å². The molecule has 0 unspecified atom stereocenters. The van der Waals surface area contributed by atoms with Gasteiger partial charge in [-0.05, 0) is 17.7 Å². The van der Waals surface area contributed by atoms with E-state index in [1.807, 2.05) is 0 Å². The minimum Gasteiger partial charge on any atom is -0.478 e. The van der Waals surface area contributed by atoms with Crippen LogP contribution in [0.1, 0.15) is 22.3 Å². The van der Waals surface area contributed by atoms with Gasteiger partial charge in [-0.3, -0.25) is 4.79 Å². The van der Waals surface area contributed by atoms with Gasteiger partial charge in [0.1, 0.15) is 6.42 Å². The zero-order chi connectivity index (χ0) is 13.8. The Balaban J connectivity index is 2.56. The SMILES string of the molecule is O=C(CC(F)(F)F)NCc1cccc(C(=O)O)c1. The monoisotopic (exact) mass is 261 g/mol. The van der Waals surface area contributed by atoms with E-state index in [4.69, 9.17) is 5.11 Å². The summed E-state index contributed by atoms with van der Waals surface area (Å²) in [5, 5.41) is 10.8. The Morgan fingerprint density at radius 1 is 1.28 bits per heavy atom. The molecule has 1 amide bonds. The molecule has 0 bridgehead atoms. The van der Waals surface area contributed by atoms with Gasteiger partial charge < -0.3 is 10.4 Å². The molecule has 0 saturated carbocycles. The predicted octanol–water partition coefficient (Wildman–Crippen LogP) is 1.95. The van der Waals surface area contributed by atoms with Crippen molar-refractivity contribution >= 4 is 11.9 Å². The van der Waals surface area contributed by atoms with Crippen LogP contribution in [0, 0.1) is 0 Å². The van der Waals surface area contributed by atoms with E-state index in [1.54, 1.807) is 0 Å². The second-order valence-electron chi connectivity index (χ2n) is 3.57. The van der Waals surface area contributed by atoms with Crippen molar-refractivity contribution in [3.05, 3.63) is 35.4 Å². The largest absolute Gasteiger partial charge is 0.478 e. The number of alkyl halides is 3. The van der Waals surface area contributed by atoms with E-state index >= 15 is 0 Å². The number of carboxylic acids is 1. The topological polar surface area (TPSA) is 66.4 Å². The molecule has 98 valence electrons. The number of carbonyl (C=O) groups excluding carboxylic acids is 1. The van der Waals surface area contributed by atoms with E-state index in [0.717, 1.165) is 0 Å². The van der Waals surface area contributed by atoms with Gasteiger partial charge in [-0.1, -0.05) is 12.1 Å². The molecule has 0 aliphatic heterocycles. The van der Waals surface area contributed by atoms with Crippen LogP contribution in [-0.2, 0) is 11.3 Å². The first-order valence-corrected chi connectivity index (χ1v) is 4.93. The predicted molar refractivity (Wildman–Crippen MR) is 55.9 cm³/mol. The molecule has 0 fully saturated rings. The molecular formula is C11H10F3NO3. The van der Waals surface area contributed by atoms with Crippen LogP contribution in [0.4, 0.5) is 13.2 Å². The fourth-order valence-electron chi connectivity index (χ4n) is 1.26. The third-order valence-electron chi connectivity index (χ3n) is 2.02. The highest BCUT2D eigenvalue weighted by molar-refractivity contribution is 5.87. The quantitative estimate of drug-likeness (QED) is 0.870. The van der Waals surface area contributed by atoms with E-state index in [1.165, 1.54) is 24.3 Å². The first kappa shape index (κ1) is 14.0. The number of hydrogen-bond acceptors (Lipinski definition) is 2. The number of aromatic carboxylic acids is 1. The van der Waals surface area contributed by atoms with Gasteiger partial charge in [0, 0.05) is 6.54 Å². The Hall–Kier alpha value is -2.05. The van der Waals surface area contributed by atoms with Crippen LogP contribution in [-0.4, -0.2) is 23.2 Å². The summed E-state index contributed by atoms with van der Waals surface area (Å²) in [4.78, 5) is 21.5. The Labute approximate surface area is 100 Å². The maximum Gasteiger partial charge on any atom is 0.397 e. The summed E-state index contributed by atoms with van der Waals surface area (Å²) in [6, 6.07) is 5.61. The van der Waals surface area contributed by atoms with Crippen molar-refractivity contribution in [2.24, 2.45) is 0 Å². The number of nitrogens with one attached hydrogen (secondary N) is 1. The van der Waals surface area contributed by atoms with Crippen LogP contribution in [0.2, 0.25) is 0 Å². The van der Waals surface area contributed by atoms with Gasteiger partial charge in [0.05, 0.1) is 5.56 Å². The summed E-state index contributed by atoms with van der Waals surface area (Å²) in [6.07, 6.45) is -6.10. The van der Waals surface area contributed by atoms with Gasteiger partial charge in [0.2, 0.25) is 5.91 Å². The molecule has 0 saturated heterocycles. The molecule has 0 aromatic heterocycles. The van der Waals surface area contributed by atoms with Crippen LogP contribution in [0.5, 0.6) is 0 Å². The van der Waals surface area contributed by atoms with Gasteiger partial charge in [-0.25, -0.2) is 4.79 Å². The molecule has 0 atom stereocenters. The van der Waals surface area contributed by atoms with Gasteiger partial charge >= 0.3 is 12.1 Å². The summed E-state index contributed by atoms with van der Waals surface area (Å²) < 4.78 is 35.6. The minimum absolute atomic E-state index is 0.0116. The Morgan fingerprint density at radius 3 is 2.50 bits per heavy atom. The second kappa shape index (κ2) is 5.52. The fraction of sp³-hybridized carbons (Fsp3) is 0.273. The first-order chi connectivity index (χ1) is 8.28. The highest BCUT2D eigenvalue weighted by Crippen LogP contribution is 2.19. The van der Waals surface area contributed by atoms with Crippen LogP contribution in [0.3, 0.4) is 0 Å². The molecule has 0 radical (unpaired) electrons. The number of halogens is 3. The standard InChI is InChI=1S/C11H10F3NO3/c12-11(13,14)5-9(16)15-6-7-2-1-3-8(4-7)10(17)18/h1-4H,5-6H2,(H,15,16)(H,17,18). The average Bonchev–Trinajstić information content (AvgIpc) is 2.24. The van der Waals surface area contributed by atoms with E-state index < -0.39 is 24.5 Å². The molecular weight excluding hydrogens is 251 g/mol. The van der Waals surface area contributed by atoms with E-state index in [2.05, 4.69) is 5.32 Å². The molecule has 7 heteroatoms. The number of amides is 1. The maximum absolute atomic E-state index is 11.9. The van der Waals surface area contributed by atoms with Crippen LogP contribution in [0.15, 0.2) is 24.3 Å². The highest BCUT2D eigenvalue weighted by atomic mass is 19.4. The fourth-order valence-corrected chi connectivity index (χ4v) is 1.26. The van der Waals surface area contributed by atoms with Crippen LogP contribution in [0.25, 0.3) is 0 Å². The first-order valence-electron chi connectivity index (χ1n) is 4.93. The van der Waals surface area contributed by atoms with Crippen molar-refractivity contribution in [1.82, 2.24) is 5.32 Å². The Bertz CT molecular complexity index is 457. The summed E-state index contributed by atoms with van der Waals surface area (Å²) in [6.45, 7) is -0.143. The maximum atomic E-state index is 11.9. The zero-order valence-corrected chi connectivity index (χ0v) is 9.12. The van der Waals surface area contributed by atoms with E-state index in [0.29, 0.717) is 5.56 Å². The summed E-state index contributed by atoms with van der Waals surface area (Å²) in [5.41, 5.74) is 0.433. The van der Waals surface area contributed by atoms with Gasteiger partial charge in [-0.15, -0.1) is 0 Å². The lowest BCUT2D eigenvalue weighted by atomic mass is 10.1. The molecule has 4 nitrogen and oxygen atoms in total. The van der Waals surface area contributed by atoms with E-state index in [9.17, 15) is 22.8 Å². The second-order valence-corrected chi connectivity index (χ2v) is 3.57. The van der Waals surface area contributed by atoms with Gasteiger partial charge in [0.15, 0.2) is 0 Å². The molecule has 18 heavy (non-hydrogen) atoms. The number of hydrogen-bond donors (Lipinski definition) is 2. The average molecular weight is 261 g/mol. The van der Waals surface area contributed by atoms with Crippen molar-refractivity contribution in [3.63, 3.8) is 0 Å². The normalized spacial score (nSPS) is 11.1. The lowest BCUT2D eigenvalue weighted by Gasteiger charge is -2.08. The van der Waals surface area contributed by atoms with Crippen molar-refractivity contribution in [2.45, 2.75) is 19.1 Å².